The monoisotopic (exact) mass is 955 g/mol. The van der Waals surface area contributed by atoms with E-state index in [9.17, 15) is 0 Å². The van der Waals surface area contributed by atoms with E-state index in [2.05, 4.69) is 249 Å². The second-order valence-corrected chi connectivity index (χ2v) is 25.9. The van der Waals surface area contributed by atoms with E-state index in [0.29, 0.717) is 0 Å². The largest absolute Gasteiger partial charge is 0.334 e. The molecule has 1 aliphatic carbocycles. The summed E-state index contributed by atoms with van der Waals surface area (Å²) in [5, 5.41) is 6.26. The number of thiophene rings is 2. The molecule has 356 valence electrons. The lowest BCUT2D eigenvalue weighted by Gasteiger charge is -2.50. The lowest BCUT2D eigenvalue weighted by molar-refractivity contribution is 0.195. The van der Waals surface area contributed by atoms with E-state index < -0.39 is 0 Å². The highest BCUT2D eigenvalue weighted by molar-refractivity contribution is 7.26. The number of hydrogen-bond acceptors (Lipinski definition) is 5. The summed E-state index contributed by atoms with van der Waals surface area (Å²) >= 11 is 3.75. The fourth-order valence-electron chi connectivity index (χ4n) is 11.9. The Kier molecular flexibility index (Phi) is 11.0. The van der Waals surface area contributed by atoms with Gasteiger partial charge < -0.3 is 14.7 Å². The molecule has 1 fully saturated rings. The molecule has 3 heterocycles. The molecule has 1 saturated carbocycles. The Morgan fingerprint density at radius 1 is 0.500 bits per heavy atom. The molecular weight excluding hydrogens is 887 g/mol. The molecule has 2 atom stereocenters. The van der Waals surface area contributed by atoms with E-state index in [4.69, 9.17) is 0 Å². The first-order valence-electron chi connectivity index (χ1n) is 25.5. The molecule has 0 N–H and O–H groups in total. The van der Waals surface area contributed by atoms with Crippen LogP contribution >= 0.6 is 22.7 Å². The first kappa shape index (κ1) is 46.5. The average Bonchev–Trinajstić information content (AvgIpc) is 3.97. The van der Waals surface area contributed by atoms with Gasteiger partial charge in [-0.15, -0.1) is 22.7 Å². The summed E-state index contributed by atoms with van der Waals surface area (Å²) in [6.07, 6.45) is 4.87. The van der Waals surface area contributed by atoms with Gasteiger partial charge in [-0.2, -0.15) is 0 Å². The lowest BCUT2D eigenvalue weighted by Crippen LogP contribution is -2.54. The van der Waals surface area contributed by atoms with Crippen molar-refractivity contribution in [3.05, 3.63) is 179 Å². The van der Waals surface area contributed by atoms with Crippen LogP contribution in [-0.2, 0) is 21.7 Å². The summed E-state index contributed by atoms with van der Waals surface area (Å²) in [7, 11) is 0. The van der Waals surface area contributed by atoms with E-state index in [1.54, 1.807) is 0 Å². The van der Waals surface area contributed by atoms with Gasteiger partial charge in [0.15, 0.2) is 0 Å². The Morgan fingerprint density at radius 2 is 1.11 bits per heavy atom. The van der Waals surface area contributed by atoms with Gasteiger partial charge in [0.25, 0.3) is 0 Å². The van der Waals surface area contributed by atoms with Gasteiger partial charge >= 0.3 is 0 Å². The molecule has 3 nitrogen and oxygen atoms in total. The fraction of sp³-hybridized carbons (Fsp3) is 0.323. The Labute approximate surface area is 425 Å². The molecule has 2 aromatic heterocycles. The molecule has 11 rings (SSSR count). The van der Waals surface area contributed by atoms with Gasteiger partial charge in [0, 0.05) is 70.5 Å². The molecule has 7 aromatic carbocycles. The number of anilines is 8. The topological polar surface area (TPSA) is 9.72 Å². The maximum atomic E-state index is 2.76. The van der Waals surface area contributed by atoms with Crippen LogP contribution in [0.3, 0.4) is 0 Å². The van der Waals surface area contributed by atoms with Crippen LogP contribution in [0.4, 0.5) is 45.5 Å². The molecule has 0 saturated heterocycles. The molecule has 1 aliphatic heterocycles. The zero-order valence-electron chi connectivity index (χ0n) is 43.4. The van der Waals surface area contributed by atoms with Crippen LogP contribution in [0.1, 0.15) is 130 Å². The van der Waals surface area contributed by atoms with Crippen LogP contribution in [0.2, 0.25) is 0 Å². The van der Waals surface area contributed by atoms with Crippen molar-refractivity contribution in [2.24, 2.45) is 0 Å². The van der Waals surface area contributed by atoms with Crippen molar-refractivity contribution in [2.75, 3.05) is 14.7 Å². The predicted molar refractivity (Wildman–Crippen MR) is 308 cm³/mol. The first-order valence-corrected chi connectivity index (χ1v) is 27.2. The van der Waals surface area contributed by atoms with Crippen molar-refractivity contribution >= 4 is 98.4 Å². The molecule has 9 aromatic rings. The average molecular weight is 956 g/mol. The van der Waals surface area contributed by atoms with Gasteiger partial charge in [-0.25, -0.2) is 0 Å². The Hall–Kier alpha value is -5.88. The molecular formula is C65H69N3S2. The third-order valence-electron chi connectivity index (χ3n) is 16.2. The highest BCUT2D eigenvalue weighted by Crippen LogP contribution is 2.62. The predicted octanol–water partition coefficient (Wildman–Crippen LogP) is 20.2. The van der Waals surface area contributed by atoms with E-state index in [1.807, 2.05) is 22.7 Å². The number of benzene rings is 7. The van der Waals surface area contributed by atoms with E-state index >= 15 is 0 Å². The fourth-order valence-corrected chi connectivity index (χ4v) is 14.1. The minimum absolute atomic E-state index is 0.0342. The Morgan fingerprint density at radius 3 is 1.79 bits per heavy atom. The van der Waals surface area contributed by atoms with Gasteiger partial charge in [0.2, 0.25) is 0 Å². The third-order valence-corrected chi connectivity index (χ3v) is 18.3. The SMILES string of the molecule is Cc1cc(N(c2csc3cc(N(c4ccc(C(C)(C)C)cc4)c4ccc(C(C)(C)C)cc4)ccc23)c2cccc3c2sc2ccccc23)cc(N2c3ccc(C(C)(C)C)cc3C3(C)CCCCC23C)c1. The van der Waals surface area contributed by atoms with Crippen molar-refractivity contribution in [1.82, 2.24) is 0 Å². The van der Waals surface area contributed by atoms with Gasteiger partial charge in [-0.1, -0.05) is 149 Å². The van der Waals surface area contributed by atoms with Crippen LogP contribution < -0.4 is 14.7 Å². The zero-order valence-corrected chi connectivity index (χ0v) is 45.1. The van der Waals surface area contributed by atoms with Crippen LogP contribution in [0.25, 0.3) is 30.3 Å². The minimum atomic E-state index is -0.0665. The van der Waals surface area contributed by atoms with Crippen molar-refractivity contribution in [3.63, 3.8) is 0 Å². The van der Waals surface area contributed by atoms with E-state index in [1.165, 1.54) is 106 Å². The summed E-state index contributed by atoms with van der Waals surface area (Å²) in [5.74, 6) is 0. The van der Waals surface area contributed by atoms with Crippen LogP contribution in [0.5, 0.6) is 0 Å². The van der Waals surface area contributed by atoms with E-state index in [0.717, 1.165) is 23.5 Å². The summed E-state index contributed by atoms with van der Waals surface area (Å²) in [6.45, 7) is 28.2. The summed E-state index contributed by atoms with van der Waals surface area (Å²) in [4.78, 5) is 7.78. The lowest BCUT2D eigenvalue weighted by atomic mass is 9.61. The van der Waals surface area contributed by atoms with Crippen molar-refractivity contribution < 1.29 is 0 Å². The van der Waals surface area contributed by atoms with Crippen LogP contribution in [0.15, 0.2) is 151 Å². The highest BCUT2D eigenvalue weighted by atomic mass is 32.1. The normalized spacial score (nSPS) is 18.4. The van der Waals surface area contributed by atoms with Gasteiger partial charge in [0.05, 0.1) is 21.6 Å². The quantitative estimate of drug-likeness (QED) is 0.158. The molecule has 2 aliphatic rings. The standard InChI is InChI=1S/C65H69N3S2/c1-42-36-49(39-50(37-42)68-55-33-26-45(63(8,9)10)38-54(55)64(11)34-15-16-35-65(64,68)12)67(56-20-17-19-52-51-18-13-14-21-58(51)70-60(52)56)57-41-69-59-40-48(31-32-53(57)59)66(46-27-22-43(23-28-46)61(2,3)4)47-29-24-44(25-30-47)62(5,6)7/h13-14,17-33,36-41H,15-16,34-35H2,1-12H3. The smallest absolute Gasteiger partial charge is 0.0647 e. The second-order valence-electron chi connectivity index (χ2n) is 24.0. The molecule has 2 unspecified atom stereocenters. The molecule has 70 heavy (non-hydrogen) atoms. The Bertz CT molecular complexity index is 3390. The van der Waals surface area contributed by atoms with Gasteiger partial charge in [0.1, 0.15) is 0 Å². The maximum absolute atomic E-state index is 2.76. The number of rotatable bonds is 7. The molecule has 0 spiro atoms. The zero-order chi connectivity index (χ0) is 49.1. The highest BCUT2D eigenvalue weighted by Gasteiger charge is 2.58. The molecule has 0 radical (unpaired) electrons. The molecule has 5 heteroatoms. The van der Waals surface area contributed by atoms with Crippen molar-refractivity contribution in [1.29, 1.82) is 0 Å². The molecule has 0 bridgehead atoms. The summed E-state index contributed by atoms with van der Waals surface area (Å²) in [5.41, 5.74) is 16.7. The Balaban J connectivity index is 1.09. The number of aryl methyl sites for hydroxylation is 1. The van der Waals surface area contributed by atoms with Crippen LogP contribution in [0, 0.1) is 6.92 Å². The van der Waals surface area contributed by atoms with Crippen molar-refractivity contribution in [2.45, 2.75) is 136 Å². The van der Waals surface area contributed by atoms with Gasteiger partial charge in [-0.05, 0) is 150 Å². The number of fused-ring (bicyclic) bond motifs is 7. The van der Waals surface area contributed by atoms with Gasteiger partial charge in [-0.3, -0.25) is 0 Å². The minimum Gasteiger partial charge on any atom is -0.334 e. The number of hydrogen-bond donors (Lipinski definition) is 0. The second kappa shape index (κ2) is 16.6. The maximum Gasteiger partial charge on any atom is 0.0647 e. The van der Waals surface area contributed by atoms with Crippen LogP contribution in [-0.4, -0.2) is 5.54 Å². The number of nitrogens with zero attached hydrogens (tertiary/aromatic N) is 3. The third kappa shape index (κ3) is 7.65. The summed E-state index contributed by atoms with van der Waals surface area (Å²) < 4.78 is 3.87. The summed E-state index contributed by atoms with van der Waals surface area (Å²) in [6, 6.07) is 56.1. The first-order chi connectivity index (χ1) is 33.2. The van der Waals surface area contributed by atoms with Crippen molar-refractivity contribution in [3.8, 4) is 0 Å². The molecule has 0 amide bonds. The van der Waals surface area contributed by atoms with E-state index in [-0.39, 0.29) is 27.2 Å².